The monoisotopic (exact) mass is 280 g/mol. The van der Waals surface area contributed by atoms with Gasteiger partial charge in [-0.3, -0.25) is 14.3 Å². The first kappa shape index (κ1) is 13.4. The van der Waals surface area contributed by atoms with E-state index in [2.05, 4.69) is 4.98 Å². The van der Waals surface area contributed by atoms with Crippen LogP contribution in [0.3, 0.4) is 0 Å². The fourth-order valence-electron chi connectivity index (χ4n) is 1.92. The zero-order chi connectivity index (χ0) is 14.2. The fraction of sp³-hybridized carbons (Fsp3) is 0.231. The van der Waals surface area contributed by atoms with Gasteiger partial charge in [0.25, 0.3) is 5.56 Å². The van der Waals surface area contributed by atoms with E-state index in [1.54, 1.807) is 38.1 Å². The van der Waals surface area contributed by atoms with E-state index in [4.69, 9.17) is 11.6 Å². The maximum absolute atomic E-state index is 11.9. The van der Waals surface area contributed by atoms with Crippen molar-refractivity contribution in [3.05, 3.63) is 50.1 Å². The molecule has 0 aliphatic rings. The summed E-state index contributed by atoms with van der Waals surface area (Å²) in [5, 5.41) is 10.5. The van der Waals surface area contributed by atoms with E-state index >= 15 is 0 Å². The Morgan fingerprint density at radius 1 is 1.26 bits per heavy atom. The molecule has 0 spiro atoms. The van der Waals surface area contributed by atoms with E-state index in [1.165, 1.54) is 0 Å². The van der Waals surface area contributed by atoms with Crippen molar-refractivity contribution in [2.45, 2.75) is 19.9 Å². The van der Waals surface area contributed by atoms with Crippen LogP contribution in [0.5, 0.6) is 5.88 Å². The molecular weight excluding hydrogens is 268 g/mol. The van der Waals surface area contributed by atoms with Crippen LogP contribution in [0.1, 0.15) is 19.9 Å². The van der Waals surface area contributed by atoms with Crippen molar-refractivity contribution in [3.8, 4) is 17.0 Å². The molecule has 2 N–H and O–H groups in total. The Morgan fingerprint density at radius 3 is 2.47 bits per heavy atom. The van der Waals surface area contributed by atoms with Crippen LogP contribution < -0.4 is 11.2 Å². The summed E-state index contributed by atoms with van der Waals surface area (Å²) in [6.45, 7) is 3.46. The molecule has 100 valence electrons. The molecule has 0 atom stereocenters. The first-order valence-corrected chi connectivity index (χ1v) is 6.14. The van der Waals surface area contributed by atoms with Crippen LogP contribution in [0.25, 0.3) is 11.1 Å². The Labute approximate surface area is 114 Å². The lowest BCUT2D eigenvalue weighted by Crippen LogP contribution is -2.32. The predicted molar refractivity (Wildman–Crippen MR) is 73.8 cm³/mol. The lowest BCUT2D eigenvalue weighted by molar-refractivity contribution is 0.384. The summed E-state index contributed by atoms with van der Waals surface area (Å²) in [4.78, 5) is 25.8. The number of hydrogen-bond acceptors (Lipinski definition) is 3. The highest BCUT2D eigenvalue weighted by atomic mass is 35.5. The minimum absolute atomic E-state index is 0.00102. The number of aromatic amines is 1. The van der Waals surface area contributed by atoms with Gasteiger partial charge in [-0.2, -0.15) is 0 Å². The lowest BCUT2D eigenvalue weighted by Gasteiger charge is -2.14. The molecule has 19 heavy (non-hydrogen) atoms. The average molecular weight is 281 g/mol. The van der Waals surface area contributed by atoms with Gasteiger partial charge in [0.05, 0.1) is 0 Å². The second-order valence-corrected chi connectivity index (χ2v) is 4.81. The molecule has 2 rings (SSSR count). The summed E-state index contributed by atoms with van der Waals surface area (Å²) in [7, 11) is 0. The zero-order valence-electron chi connectivity index (χ0n) is 10.5. The van der Waals surface area contributed by atoms with Gasteiger partial charge in [0.15, 0.2) is 0 Å². The molecule has 2 aromatic rings. The van der Waals surface area contributed by atoms with Crippen molar-refractivity contribution in [2.24, 2.45) is 0 Å². The van der Waals surface area contributed by atoms with E-state index in [0.717, 1.165) is 4.57 Å². The van der Waals surface area contributed by atoms with Gasteiger partial charge in [0, 0.05) is 16.6 Å². The zero-order valence-corrected chi connectivity index (χ0v) is 11.2. The largest absolute Gasteiger partial charge is 0.494 e. The highest BCUT2D eigenvalue weighted by molar-refractivity contribution is 6.33. The second kappa shape index (κ2) is 4.93. The van der Waals surface area contributed by atoms with Crippen molar-refractivity contribution < 1.29 is 5.11 Å². The molecule has 1 heterocycles. The first-order chi connectivity index (χ1) is 8.93. The van der Waals surface area contributed by atoms with E-state index in [9.17, 15) is 14.7 Å². The molecular formula is C13H13ClN2O3. The topological polar surface area (TPSA) is 75.1 Å². The van der Waals surface area contributed by atoms with Crippen LogP contribution in [0.2, 0.25) is 5.02 Å². The number of halogens is 1. The molecule has 0 fully saturated rings. The van der Waals surface area contributed by atoms with Gasteiger partial charge in [0.2, 0.25) is 5.88 Å². The molecule has 0 amide bonds. The highest BCUT2D eigenvalue weighted by Gasteiger charge is 2.19. The van der Waals surface area contributed by atoms with E-state index in [0.29, 0.717) is 10.6 Å². The number of benzene rings is 1. The Kier molecular flexibility index (Phi) is 3.48. The SMILES string of the molecule is CC(C)n1c(O)c(-c2ccccc2Cl)c(=O)[nH]c1=O. The first-order valence-electron chi connectivity index (χ1n) is 5.76. The molecule has 0 aliphatic carbocycles. The van der Waals surface area contributed by atoms with Crippen LogP contribution in [-0.2, 0) is 0 Å². The summed E-state index contributed by atoms with van der Waals surface area (Å²) in [5.74, 6) is -0.378. The number of H-pyrrole nitrogens is 1. The minimum atomic E-state index is -0.660. The summed E-state index contributed by atoms with van der Waals surface area (Å²) in [5.41, 5.74) is -0.919. The van der Waals surface area contributed by atoms with E-state index < -0.39 is 11.2 Å². The third-order valence-corrected chi connectivity index (χ3v) is 3.11. The van der Waals surface area contributed by atoms with Crippen LogP contribution >= 0.6 is 11.6 Å². The molecule has 0 aliphatic heterocycles. The maximum Gasteiger partial charge on any atom is 0.331 e. The third kappa shape index (κ3) is 2.29. The van der Waals surface area contributed by atoms with Crippen LogP contribution in [0.4, 0.5) is 0 Å². The number of hydrogen-bond donors (Lipinski definition) is 2. The minimum Gasteiger partial charge on any atom is -0.494 e. The Hall–Kier alpha value is -2.01. The number of nitrogens with one attached hydrogen (secondary N) is 1. The molecule has 5 nitrogen and oxygen atoms in total. The average Bonchev–Trinajstić information content (AvgIpc) is 2.30. The summed E-state index contributed by atoms with van der Waals surface area (Å²) < 4.78 is 1.11. The van der Waals surface area contributed by atoms with Crippen LogP contribution in [0, 0.1) is 0 Å². The van der Waals surface area contributed by atoms with Crippen LogP contribution in [-0.4, -0.2) is 14.7 Å². The van der Waals surface area contributed by atoms with Crippen molar-refractivity contribution in [3.63, 3.8) is 0 Å². The normalized spacial score (nSPS) is 10.9. The molecule has 1 aromatic heterocycles. The van der Waals surface area contributed by atoms with Crippen molar-refractivity contribution in [2.75, 3.05) is 0 Å². The van der Waals surface area contributed by atoms with Crippen molar-refractivity contribution in [1.29, 1.82) is 0 Å². The molecule has 0 radical (unpaired) electrons. The van der Waals surface area contributed by atoms with Gasteiger partial charge in [-0.25, -0.2) is 4.79 Å². The van der Waals surface area contributed by atoms with Crippen molar-refractivity contribution >= 4 is 11.6 Å². The Balaban J connectivity index is 2.86. The molecule has 1 aromatic carbocycles. The number of aromatic hydroxyl groups is 1. The number of nitrogens with zero attached hydrogens (tertiary/aromatic N) is 1. The number of rotatable bonds is 2. The maximum atomic E-state index is 11.9. The smallest absolute Gasteiger partial charge is 0.331 e. The molecule has 0 bridgehead atoms. The molecule has 0 saturated heterocycles. The predicted octanol–water partition coefficient (Wildman–Crippen LogP) is 2.14. The Bertz CT molecular complexity index is 731. The Morgan fingerprint density at radius 2 is 1.89 bits per heavy atom. The molecule has 0 unspecified atom stereocenters. The van der Waals surface area contributed by atoms with Gasteiger partial charge in [-0.1, -0.05) is 29.8 Å². The molecule has 0 saturated carbocycles. The quantitative estimate of drug-likeness (QED) is 0.885. The van der Waals surface area contributed by atoms with Gasteiger partial charge in [-0.15, -0.1) is 0 Å². The second-order valence-electron chi connectivity index (χ2n) is 4.40. The summed E-state index contributed by atoms with van der Waals surface area (Å²) >= 11 is 6.02. The summed E-state index contributed by atoms with van der Waals surface area (Å²) in [6, 6.07) is 6.36. The summed E-state index contributed by atoms with van der Waals surface area (Å²) in [6.07, 6.45) is 0. The van der Waals surface area contributed by atoms with E-state index in [1.807, 2.05) is 0 Å². The van der Waals surface area contributed by atoms with E-state index in [-0.39, 0.29) is 17.5 Å². The van der Waals surface area contributed by atoms with Gasteiger partial charge >= 0.3 is 5.69 Å². The number of aromatic nitrogens is 2. The van der Waals surface area contributed by atoms with Gasteiger partial charge < -0.3 is 5.11 Å². The standard InChI is InChI=1S/C13H13ClN2O3/c1-7(2)16-12(18)10(11(17)15-13(16)19)8-5-3-4-6-9(8)14/h3-7,18H,1-2H3,(H,15,17,19). The lowest BCUT2D eigenvalue weighted by atomic mass is 10.1. The van der Waals surface area contributed by atoms with Gasteiger partial charge in [0.1, 0.15) is 5.56 Å². The van der Waals surface area contributed by atoms with Crippen molar-refractivity contribution in [1.82, 2.24) is 9.55 Å². The third-order valence-electron chi connectivity index (χ3n) is 2.78. The van der Waals surface area contributed by atoms with Gasteiger partial charge in [-0.05, 0) is 19.9 Å². The fourth-order valence-corrected chi connectivity index (χ4v) is 2.15. The highest BCUT2D eigenvalue weighted by Crippen LogP contribution is 2.31. The molecule has 6 heteroatoms. The van der Waals surface area contributed by atoms with Crippen LogP contribution in [0.15, 0.2) is 33.9 Å².